The van der Waals surface area contributed by atoms with Crippen LogP contribution in [-0.2, 0) is 14.3 Å². The van der Waals surface area contributed by atoms with Gasteiger partial charge in [-0.3, -0.25) is 14.5 Å². The molecule has 29 heavy (non-hydrogen) atoms. The Bertz CT molecular complexity index is 816. The molecule has 1 amide bonds. The lowest BCUT2D eigenvalue weighted by atomic mass is 9.97. The van der Waals surface area contributed by atoms with E-state index in [-0.39, 0.29) is 17.8 Å². The van der Waals surface area contributed by atoms with Crippen LogP contribution in [-0.4, -0.2) is 43.0 Å². The highest BCUT2D eigenvalue weighted by molar-refractivity contribution is 9.10. The monoisotopic (exact) mass is 460 g/mol. The van der Waals surface area contributed by atoms with Crippen molar-refractivity contribution in [1.82, 2.24) is 4.90 Å². The number of hydrogen-bond acceptors (Lipinski definition) is 5. The molecule has 0 radical (unpaired) electrons. The number of amides is 1. The third-order valence-electron chi connectivity index (χ3n) is 4.76. The summed E-state index contributed by atoms with van der Waals surface area (Å²) in [6, 6.07) is 14.9. The average molecular weight is 461 g/mol. The lowest BCUT2D eigenvalue weighted by molar-refractivity contribution is -0.149. The van der Waals surface area contributed by atoms with E-state index < -0.39 is 0 Å². The van der Waals surface area contributed by atoms with Crippen molar-refractivity contribution < 1.29 is 19.1 Å². The molecule has 0 bridgehead atoms. The van der Waals surface area contributed by atoms with Crippen molar-refractivity contribution in [2.24, 2.45) is 5.92 Å². The van der Waals surface area contributed by atoms with E-state index in [4.69, 9.17) is 9.47 Å². The number of ether oxygens (including phenoxy) is 2. The van der Waals surface area contributed by atoms with Crippen LogP contribution < -0.4 is 10.1 Å². The molecule has 2 aromatic rings. The molecule has 0 aliphatic carbocycles. The summed E-state index contributed by atoms with van der Waals surface area (Å²) >= 11 is 3.39. The maximum absolute atomic E-state index is 12.3. The Morgan fingerprint density at radius 3 is 2.21 bits per heavy atom. The Kier molecular flexibility index (Phi) is 7.66. The molecule has 1 aliphatic heterocycles. The number of likely N-dealkylation sites (tertiary alicyclic amines) is 1. The van der Waals surface area contributed by atoms with Gasteiger partial charge in [-0.2, -0.15) is 0 Å². The van der Waals surface area contributed by atoms with Gasteiger partial charge in [-0.1, -0.05) is 15.9 Å². The molecule has 3 rings (SSSR count). The normalized spacial score (nSPS) is 15.0. The number of carbonyl (C=O) groups is 2. The Hall–Kier alpha value is -2.38. The SMILES string of the molecule is CCOC(=O)C1CCN(CC(=O)Nc2ccc(Oc3ccc(Br)cc3)cc2)CC1. The van der Waals surface area contributed by atoms with Gasteiger partial charge in [-0.25, -0.2) is 0 Å². The maximum Gasteiger partial charge on any atom is 0.309 e. The average Bonchev–Trinajstić information content (AvgIpc) is 2.72. The lowest BCUT2D eigenvalue weighted by Crippen LogP contribution is -2.41. The van der Waals surface area contributed by atoms with E-state index in [0.717, 1.165) is 41.8 Å². The summed E-state index contributed by atoms with van der Waals surface area (Å²) in [5.41, 5.74) is 0.722. The first-order chi connectivity index (χ1) is 14.0. The predicted molar refractivity (Wildman–Crippen MR) is 115 cm³/mol. The summed E-state index contributed by atoms with van der Waals surface area (Å²) in [7, 11) is 0. The number of hydrogen-bond donors (Lipinski definition) is 1. The lowest BCUT2D eigenvalue weighted by Gasteiger charge is -2.30. The first kappa shape index (κ1) is 21.3. The summed E-state index contributed by atoms with van der Waals surface area (Å²) in [4.78, 5) is 26.2. The molecule has 1 heterocycles. The zero-order valence-electron chi connectivity index (χ0n) is 16.4. The summed E-state index contributed by atoms with van der Waals surface area (Å²) in [5.74, 6) is 1.21. The number of anilines is 1. The molecule has 0 atom stereocenters. The van der Waals surface area contributed by atoms with Crippen molar-refractivity contribution in [1.29, 1.82) is 0 Å². The van der Waals surface area contributed by atoms with E-state index in [1.165, 1.54) is 0 Å². The molecule has 0 spiro atoms. The van der Waals surface area contributed by atoms with Crippen molar-refractivity contribution in [2.75, 3.05) is 31.6 Å². The Balaban J connectivity index is 1.44. The van der Waals surface area contributed by atoms with E-state index in [2.05, 4.69) is 26.1 Å². The van der Waals surface area contributed by atoms with Crippen LogP contribution in [0.2, 0.25) is 0 Å². The number of carbonyl (C=O) groups excluding carboxylic acids is 2. The van der Waals surface area contributed by atoms with Gasteiger partial charge in [-0.05, 0) is 81.4 Å². The summed E-state index contributed by atoms with van der Waals surface area (Å²) in [5, 5.41) is 2.91. The maximum atomic E-state index is 12.3. The van der Waals surface area contributed by atoms with E-state index in [0.29, 0.717) is 18.9 Å². The van der Waals surface area contributed by atoms with Crippen molar-refractivity contribution in [3.63, 3.8) is 0 Å². The number of benzene rings is 2. The van der Waals surface area contributed by atoms with Crippen molar-refractivity contribution in [2.45, 2.75) is 19.8 Å². The van der Waals surface area contributed by atoms with Crippen LogP contribution in [0.25, 0.3) is 0 Å². The van der Waals surface area contributed by atoms with Crippen LogP contribution in [0.3, 0.4) is 0 Å². The van der Waals surface area contributed by atoms with Gasteiger partial charge >= 0.3 is 5.97 Å². The Labute approximate surface area is 179 Å². The molecule has 0 aromatic heterocycles. The molecule has 1 aliphatic rings. The van der Waals surface area contributed by atoms with E-state index >= 15 is 0 Å². The van der Waals surface area contributed by atoms with Gasteiger partial charge < -0.3 is 14.8 Å². The fourth-order valence-corrected chi connectivity index (χ4v) is 3.50. The first-order valence-electron chi connectivity index (χ1n) is 9.76. The fraction of sp³-hybridized carbons (Fsp3) is 0.364. The van der Waals surface area contributed by atoms with Gasteiger partial charge in [0.1, 0.15) is 11.5 Å². The number of piperidine rings is 1. The van der Waals surface area contributed by atoms with Gasteiger partial charge in [0.25, 0.3) is 0 Å². The van der Waals surface area contributed by atoms with Gasteiger partial charge in [0, 0.05) is 10.2 Å². The Morgan fingerprint density at radius 2 is 1.62 bits per heavy atom. The Morgan fingerprint density at radius 1 is 1.03 bits per heavy atom. The highest BCUT2D eigenvalue weighted by atomic mass is 79.9. The molecule has 0 saturated carbocycles. The van der Waals surface area contributed by atoms with Crippen LogP contribution in [0, 0.1) is 5.92 Å². The second kappa shape index (κ2) is 10.4. The second-order valence-corrected chi connectivity index (χ2v) is 7.85. The molecular formula is C22H25BrN2O4. The molecule has 0 unspecified atom stereocenters. The van der Waals surface area contributed by atoms with Crippen LogP contribution in [0.4, 0.5) is 5.69 Å². The van der Waals surface area contributed by atoms with Gasteiger partial charge in [0.2, 0.25) is 5.91 Å². The highest BCUT2D eigenvalue weighted by Gasteiger charge is 2.26. The number of esters is 1. The minimum atomic E-state index is -0.123. The summed E-state index contributed by atoms with van der Waals surface area (Å²) < 4.78 is 11.9. The van der Waals surface area contributed by atoms with Crippen molar-refractivity contribution in [3.05, 3.63) is 53.0 Å². The minimum Gasteiger partial charge on any atom is -0.466 e. The van der Waals surface area contributed by atoms with Gasteiger partial charge in [0.15, 0.2) is 0 Å². The third kappa shape index (κ3) is 6.58. The van der Waals surface area contributed by atoms with Crippen molar-refractivity contribution >= 4 is 33.5 Å². The minimum absolute atomic E-state index is 0.0486. The number of halogens is 1. The van der Waals surface area contributed by atoms with E-state index in [1.54, 1.807) is 0 Å². The number of nitrogens with zero attached hydrogens (tertiary/aromatic N) is 1. The van der Waals surface area contributed by atoms with Gasteiger partial charge in [0.05, 0.1) is 19.1 Å². The molecule has 1 saturated heterocycles. The van der Waals surface area contributed by atoms with Gasteiger partial charge in [-0.15, -0.1) is 0 Å². The predicted octanol–water partition coefficient (Wildman–Crippen LogP) is 4.46. The third-order valence-corrected chi connectivity index (χ3v) is 5.29. The topological polar surface area (TPSA) is 67.9 Å². The molecule has 2 aromatic carbocycles. The standard InChI is InChI=1S/C22H25BrN2O4/c1-2-28-22(27)16-11-13-25(14-12-16)15-21(26)24-18-5-9-20(10-6-18)29-19-7-3-17(23)4-8-19/h3-10,16H,2,11-15H2,1H3,(H,24,26). The zero-order chi connectivity index (χ0) is 20.6. The molecule has 1 fully saturated rings. The molecule has 1 N–H and O–H groups in total. The fourth-order valence-electron chi connectivity index (χ4n) is 3.24. The van der Waals surface area contributed by atoms with E-state index in [1.807, 2.05) is 55.5 Å². The molecule has 6 nitrogen and oxygen atoms in total. The van der Waals surface area contributed by atoms with Crippen LogP contribution >= 0.6 is 15.9 Å². The van der Waals surface area contributed by atoms with Crippen molar-refractivity contribution in [3.8, 4) is 11.5 Å². The second-order valence-electron chi connectivity index (χ2n) is 6.93. The first-order valence-corrected chi connectivity index (χ1v) is 10.5. The molecule has 7 heteroatoms. The number of nitrogens with one attached hydrogen (secondary N) is 1. The summed E-state index contributed by atoms with van der Waals surface area (Å²) in [6.45, 7) is 3.98. The smallest absolute Gasteiger partial charge is 0.309 e. The number of rotatable bonds is 7. The quantitative estimate of drug-likeness (QED) is 0.617. The van der Waals surface area contributed by atoms with Crippen LogP contribution in [0.5, 0.6) is 11.5 Å². The van der Waals surface area contributed by atoms with Crippen LogP contribution in [0.1, 0.15) is 19.8 Å². The largest absolute Gasteiger partial charge is 0.466 e. The summed E-state index contributed by atoms with van der Waals surface area (Å²) in [6.07, 6.45) is 1.46. The van der Waals surface area contributed by atoms with E-state index in [9.17, 15) is 9.59 Å². The van der Waals surface area contributed by atoms with Crippen LogP contribution in [0.15, 0.2) is 53.0 Å². The molecule has 154 valence electrons. The zero-order valence-corrected chi connectivity index (χ0v) is 18.0. The highest BCUT2D eigenvalue weighted by Crippen LogP contribution is 2.24. The molecular weight excluding hydrogens is 436 g/mol.